The Bertz CT molecular complexity index is 396. The molecule has 0 aliphatic carbocycles. The zero-order chi connectivity index (χ0) is 13.5. The number of hydrogen-bond donors (Lipinski definition) is 3. The van der Waals surface area contributed by atoms with Crippen molar-refractivity contribution in [2.45, 2.75) is 25.8 Å². The van der Waals surface area contributed by atoms with Crippen LogP contribution < -0.4 is 16.0 Å². The SMILES string of the molecule is Cc1ccc(C(=O)NCCNC2CCCNC2)cc1. The Balaban J connectivity index is 1.64. The molecular formula is C15H23N3O. The van der Waals surface area contributed by atoms with Gasteiger partial charge in [-0.05, 0) is 38.4 Å². The molecule has 0 saturated carbocycles. The first kappa shape index (κ1) is 14.0. The summed E-state index contributed by atoms with van der Waals surface area (Å²) >= 11 is 0. The summed E-state index contributed by atoms with van der Waals surface area (Å²) in [6, 6.07) is 8.19. The van der Waals surface area contributed by atoms with Crippen LogP contribution in [0.15, 0.2) is 24.3 Å². The van der Waals surface area contributed by atoms with E-state index in [0.717, 1.165) is 25.2 Å². The summed E-state index contributed by atoms with van der Waals surface area (Å²) in [5.74, 6) is 0.00330. The second-order valence-electron chi connectivity index (χ2n) is 5.12. The van der Waals surface area contributed by atoms with Crippen LogP contribution in [-0.4, -0.2) is 38.1 Å². The summed E-state index contributed by atoms with van der Waals surface area (Å²) in [5.41, 5.74) is 1.90. The molecule has 1 saturated heterocycles. The molecule has 0 spiro atoms. The van der Waals surface area contributed by atoms with Crippen molar-refractivity contribution >= 4 is 5.91 Å². The van der Waals surface area contributed by atoms with Gasteiger partial charge in [0.15, 0.2) is 0 Å². The molecule has 19 heavy (non-hydrogen) atoms. The number of carbonyl (C=O) groups excluding carboxylic acids is 1. The van der Waals surface area contributed by atoms with E-state index in [1.807, 2.05) is 31.2 Å². The molecule has 1 aromatic carbocycles. The number of piperidine rings is 1. The summed E-state index contributed by atoms with van der Waals surface area (Å²) in [6.07, 6.45) is 2.45. The zero-order valence-corrected chi connectivity index (χ0v) is 11.5. The van der Waals surface area contributed by atoms with E-state index >= 15 is 0 Å². The lowest BCUT2D eigenvalue weighted by atomic mass is 10.1. The van der Waals surface area contributed by atoms with Gasteiger partial charge in [0.2, 0.25) is 0 Å². The second kappa shape index (κ2) is 7.26. The molecule has 2 rings (SSSR count). The third-order valence-corrected chi connectivity index (χ3v) is 3.45. The van der Waals surface area contributed by atoms with Gasteiger partial charge < -0.3 is 16.0 Å². The number of benzene rings is 1. The summed E-state index contributed by atoms with van der Waals surface area (Å²) in [7, 11) is 0. The highest BCUT2D eigenvalue weighted by atomic mass is 16.1. The summed E-state index contributed by atoms with van der Waals surface area (Å²) in [6.45, 7) is 5.67. The Kier molecular flexibility index (Phi) is 5.36. The number of aryl methyl sites for hydroxylation is 1. The van der Waals surface area contributed by atoms with Gasteiger partial charge in [-0.2, -0.15) is 0 Å². The van der Waals surface area contributed by atoms with Crippen molar-refractivity contribution in [2.24, 2.45) is 0 Å². The van der Waals surface area contributed by atoms with E-state index in [9.17, 15) is 4.79 Å². The molecule has 4 nitrogen and oxygen atoms in total. The number of rotatable bonds is 5. The molecule has 1 fully saturated rings. The molecule has 0 aromatic heterocycles. The second-order valence-corrected chi connectivity index (χ2v) is 5.12. The molecule has 3 N–H and O–H groups in total. The number of nitrogens with one attached hydrogen (secondary N) is 3. The lowest BCUT2D eigenvalue weighted by molar-refractivity contribution is 0.0953. The van der Waals surface area contributed by atoms with Crippen molar-refractivity contribution in [1.82, 2.24) is 16.0 Å². The minimum Gasteiger partial charge on any atom is -0.351 e. The lowest BCUT2D eigenvalue weighted by Crippen LogP contribution is -2.45. The molecule has 0 radical (unpaired) electrons. The molecule has 104 valence electrons. The van der Waals surface area contributed by atoms with Crippen molar-refractivity contribution < 1.29 is 4.79 Å². The molecule has 1 aromatic rings. The maximum atomic E-state index is 11.9. The predicted molar refractivity (Wildman–Crippen MR) is 77.4 cm³/mol. The van der Waals surface area contributed by atoms with E-state index in [-0.39, 0.29) is 5.91 Å². The third-order valence-electron chi connectivity index (χ3n) is 3.45. The Morgan fingerprint density at radius 2 is 2.11 bits per heavy atom. The fraction of sp³-hybridized carbons (Fsp3) is 0.533. The Labute approximate surface area is 115 Å². The van der Waals surface area contributed by atoms with Gasteiger partial charge in [0.05, 0.1) is 0 Å². The first-order valence-corrected chi connectivity index (χ1v) is 7.04. The van der Waals surface area contributed by atoms with Crippen molar-refractivity contribution in [3.8, 4) is 0 Å². The first-order chi connectivity index (χ1) is 9.25. The van der Waals surface area contributed by atoms with Crippen LogP contribution >= 0.6 is 0 Å². The average Bonchev–Trinajstić information content (AvgIpc) is 2.45. The van der Waals surface area contributed by atoms with Crippen LogP contribution in [0.4, 0.5) is 0 Å². The van der Waals surface area contributed by atoms with Gasteiger partial charge in [-0.25, -0.2) is 0 Å². The maximum absolute atomic E-state index is 11.9. The van der Waals surface area contributed by atoms with Crippen LogP contribution in [0.5, 0.6) is 0 Å². The summed E-state index contributed by atoms with van der Waals surface area (Å²) < 4.78 is 0. The molecule has 1 amide bonds. The zero-order valence-electron chi connectivity index (χ0n) is 11.5. The van der Waals surface area contributed by atoms with Gasteiger partial charge in [-0.15, -0.1) is 0 Å². The largest absolute Gasteiger partial charge is 0.351 e. The van der Waals surface area contributed by atoms with Gasteiger partial charge in [-0.3, -0.25) is 4.79 Å². The van der Waals surface area contributed by atoms with E-state index in [1.165, 1.54) is 18.4 Å². The molecular weight excluding hydrogens is 238 g/mol. The van der Waals surface area contributed by atoms with E-state index in [0.29, 0.717) is 12.6 Å². The summed E-state index contributed by atoms with van der Waals surface area (Å²) in [5, 5.41) is 9.76. The van der Waals surface area contributed by atoms with Crippen LogP contribution in [-0.2, 0) is 0 Å². The van der Waals surface area contributed by atoms with E-state index in [4.69, 9.17) is 0 Å². The van der Waals surface area contributed by atoms with Crippen LogP contribution in [0.1, 0.15) is 28.8 Å². The Morgan fingerprint density at radius 3 is 2.79 bits per heavy atom. The molecule has 1 heterocycles. The monoisotopic (exact) mass is 261 g/mol. The van der Waals surface area contributed by atoms with Crippen LogP contribution in [0.3, 0.4) is 0 Å². The van der Waals surface area contributed by atoms with E-state index in [2.05, 4.69) is 16.0 Å². The number of carbonyl (C=O) groups is 1. The lowest BCUT2D eigenvalue weighted by Gasteiger charge is -2.23. The topological polar surface area (TPSA) is 53.2 Å². The van der Waals surface area contributed by atoms with Crippen molar-refractivity contribution in [3.63, 3.8) is 0 Å². The standard InChI is InChI=1S/C15H23N3O/c1-12-4-6-13(7-5-12)15(19)18-10-9-17-14-3-2-8-16-11-14/h4-7,14,16-17H,2-3,8-11H2,1H3,(H,18,19). The van der Waals surface area contributed by atoms with Crippen LogP contribution in [0.25, 0.3) is 0 Å². The van der Waals surface area contributed by atoms with Gasteiger partial charge in [0.1, 0.15) is 0 Å². The fourth-order valence-electron chi connectivity index (χ4n) is 2.29. The highest BCUT2D eigenvalue weighted by molar-refractivity contribution is 5.94. The van der Waals surface area contributed by atoms with Gasteiger partial charge in [0, 0.05) is 31.2 Å². The highest BCUT2D eigenvalue weighted by Crippen LogP contribution is 2.02. The smallest absolute Gasteiger partial charge is 0.251 e. The predicted octanol–water partition coefficient (Wildman–Crippen LogP) is 1.07. The normalized spacial score (nSPS) is 19.1. The van der Waals surface area contributed by atoms with Gasteiger partial charge >= 0.3 is 0 Å². The third kappa shape index (κ3) is 4.65. The maximum Gasteiger partial charge on any atom is 0.251 e. The quantitative estimate of drug-likeness (QED) is 0.695. The highest BCUT2D eigenvalue weighted by Gasteiger charge is 2.11. The average molecular weight is 261 g/mol. The molecule has 1 aliphatic heterocycles. The van der Waals surface area contributed by atoms with Crippen LogP contribution in [0.2, 0.25) is 0 Å². The molecule has 1 atom stereocenters. The summed E-state index contributed by atoms with van der Waals surface area (Å²) in [4.78, 5) is 11.9. The van der Waals surface area contributed by atoms with E-state index in [1.54, 1.807) is 0 Å². The van der Waals surface area contributed by atoms with Crippen molar-refractivity contribution in [1.29, 1.82) is 0 Å². The molecule has 4 heteroatoms. The van der Waals surface area contributed by atoms with Crippen molar-refractivity contribution in [2.75, 3.05) is 26.2 Å². The number of amides is 1. The minimum absolute atomic E-state index is 0.00330. The Morgan fingerprint density at radius 1 is 1.32 bits per heavy atom. The van der Waals surface area contributed by atoms with Crippen molar-refractivity contribution in [3.05, 3.63) is 35.4 Å². The van der Waals surface area contributed by atoms with Gasteiger partial charge in [-0.1, -0.05) is 17.7 Å². The van der Waals surface area contributed by atoms with Crippen LogP contribution in [0, 0.1) is 6.92 Å². The van der Waals surface area contributed by atoms with Gasteiger partial charge in [0.25, 0.3) is 5.91 Å². The molecule has 1 aliphatic rings. The Hall–Kier alpha value is -1.39. The molecule has 0 bridgehead atoms. The minimum atomic E-state index is 0.00330. The van der Waals surface area contributed by atoms with E-state index < -0.39 is 0 Å². The number of hydrogen-bond acceptors (Lipinski definition) is 3. The fourth-order valence-corrected chi connectivity index (χ4v) is 2.29. The first-order valence-electron chi connectivity index (χ1n) is 7.04. The molecule has 1 unspecified atom stereocenters.